The summed E-state index contributed by atoms with van der Waals surface area (Å²) in [7, 11) is 0. The van der Waals surface area contributed by atoms with E-state index in [9.17, 15) is 9.90 Å². The van der Waals surface area contributed by atoms with E-state index < -0.39 is 5.97 Å². The highest BCUT2D eigenvalue weighted by atomic mass is 32.1. The average Bonchev–Trinajstić information content (AvgIpc) is 3.12. The van der Waals surface area contributed by atoms with Crippen LogP contribution in [-0.4, -0.2) is 25.8 Å². The van der Waals surface area contributed by atoms with Crippen LogP contribution in [0.2, 0.25) is 0 Å². The number of benzene rings is 1. The second-order valence-corrected chi connectivity index (χ2v) is 6.55. The number of rotatable bonds is 5. The quantitative estimate of drug-likeness (QED) is 0.766. The van der Waals surface area contributed by atoms with Crippen molar-refractivity contribution in [3.63, 3.8) is 0 Å². The van der Waals surface area contributed by atoms with Gasteiger partial charge in [-0.3, -0.25) is 9.48 Å². The van der Waals surface area contributed by atoms with Crippen molar-refractivity contribution in [2.75, 3.05) is 0 Å². The SMILES string of the molecule is CC(C)n1nccc1C=C(CC(=O)O)c1nc2ccccc2s1. The lowest BCUT2D eigenvalue weighted by Crippen LogP contribution is -2.05. The van der Waals surface area contributed by atoms with Gasteiger partial charge in [0.15, 0.2) is 0 Å². The summed E-state index contributed by atoms with van der Waals surface area (Å²) in [6.45, 7) is 4.08. The highest BCUT2D eigenvalue weighted by molar-refractivity contribution is 7.19. The van der Waals surface area contributed by atoms with Gasteiger partial charge in [-0.2, -0.15) is 5.10 Å². The third-order valence-electron chi connectivity index (χ3n) is 3.42. The maximum Gasteiger partial charge on any atom is 0.307 e. The number of hydrogen-bond donors (Lipinski definition) is 1. The molecule has 2 heterocycles. The minimum Gasteiger partial charge on any atom is -0.481 e. The van der Waals surface area contributed by atoms with Crippen molar-refractivity contribution in [1.82, 2.24) is 14.8 Å². The molecule has 0 fully saturated rings. The van der Waals surface area contributed by atoms with Crippen LogP contribution in [0.25, 0.3) is 21.9 Å². The van der Waals surface area contributed by atoms with Crippen LogP contribution in [0.15, 0.2) is 36.5 Å². The molecule has 3 rings (SSSR count). The summed E-state index contributed by atoms with van der Waals surface area (Å²) in [5, 5.41) is 14.3. The molecule has 0 radical (unpaired) electrons. The van der Waals surface area contributed by atoms with Crippen LogP contribution in [0, 0.1) is 0 Å². The minimum atomic E-state index is -0.869. The Hall–Kier alpha value is -2.47. The Morgan fingerprint density at radius 1 is 1.35 bits per heavy atom. The van der Waals surface area contributed by atoms with Gasteiger partial charge < -0.3 is 5.11 Å². The molecule has 0 aliphatic rings. The maximum absolute atomic E-state index is 11.3. The zero-order valence-corrected chi connectivity index (χ0v) is 13.7. The van der Waals surface area contributed by atoms with Crippen LogP contribution in [0.5, 0.6) is 0 Å². The minimum absolute atomic E-state index is 0.0664. The molecule has 0 saturated carbocycles. The van der Waals surface area contributed by atoms with E-state index in [1.807, 2.05) is 54.9 Å². The molecular formula is C17H17N3O2S. The van der Waals surface area contributed by atoms with Gasteiger partial charge in [0.25, 0.3) is 0 Å². The van der Waals surface area contributed by atoms with Gasteiger partial charge in [-0.25, -0.2) is 4.98 Å². The Morgan fingerprint density at radius 3 is 2.83 bits per heavy atom. The van der Waals surface area contributed by atoms with Gasteiger partial charge in [0.2, 0.25) is 0 Å². The normalized spacial score (nSPS) is 12.2. The largest absolute Gasteiger partial charge is 0.481 e. The van der Waals surface area contributed by atoms with Crippen molar-refractivity contribution < 1.29 is 9.90 Å². The molecule has 1 aromatic carbocycles. The molecule has 0 amide bonds. The molecule has 0 atom stereocenters. The fraction of sp³-hybridized carbons (Fsp3) is 0.235. The maximum atomic E-state index is 11.3. The second-order valence-electron chi connectivity index (χ2n) is 5.52. The molecule has 0 aliphatic heterocycles. The first-order valence-corrected chi connectivity index (χ1v) is 8.18. The van der Waals surface area contributed by atoms with Crippen molar-refractivity contribution in [3.8, 4) is 0 Å². The predicted molar refractivity (Wildman–Crippen MR) is 92.4 cm³/mol. The number of thiazole rings is 1. The fourth-order valence-corrected chi connectivity index (χ4v) is 3.39. The van der Waals surface area contributed by atoms with Crippen molar-refractivity contribution in [2.45, 2.75) is 26.3 Å². The lowest BCUT2D eigenvalue weighted by Gasteiger charge is -2.09. The Morgan fingerprint density at radius 2 is 2.13 bits per heavy atom. The number of aromatic nitrogens is 3. The molecule has 2 aromatic heterocycles. The number of para-hydroxylation sites is 1. The number of aliphatic carboxylic acids is 1. The van der Waals surface area contributed by atoms with E-state index in [1.165, 1.54) is 11.3 Å². The number of carboxylic acids is 1. The number of carboxylic acid groups (broad SMARTS) is 1. The molecule has 118 valence electrons. The van der Waals surface area contributed by atoms with Gasteiger partial charge in [0.1, 0.15) is 5.01 Å². The van der Waals surface area contributed by atoms with E-state index in [0.717, 1.165) is 20.9 Å². The van der Waals surface area contributed by atoms with Crippen LogP contribution in [-0.2, 0) is 4.79 Å². The first-order chi connectivity index (χ1) is 11.0. The standard InChI is InChI=1S/C17H17N3O2S/c1-11(2)20-13(7-8-18-20)9-12(10-16(21)22)17-19-14-5-3-4-6-15(14)23-17/h3-9,11H,10H2,1-2H3,(H,21,22). The lowest BCUT2D eigenvalue weighted by molar-refractivity contribution is -0.135. The number of hydrogen-bond acceptors (Lipinski definition) is 4. The second kappa shape index (κ2) is 6.34. The summed E-state index contributed by atoms with van der Waals surface area (Å²) < 4.78 is 2.92. The van der Waals surface area contributed by atoms with E-state index in [1.54, 1.807) is 6.20 Å². The summed E-state index contributed by atoms with van der Waals surface area (Å²) in [6.07, 6.45) is 3.53. The summed E-state index contributed by atoms with van der Waals surface area (Å²) in [5.41, 5.74) is 2.47. The molecule has 3 aromatic rings. The van der Waals surface area contributed by atoms with Crippen LogP contribution in [0.1, 0.15) is 37.0 Å². The van der Waals surface area contributed by atoms with Crippen molar-refractivity contribution in [2.24, 2.45) is 0 Å². The van der Waals surface area contributed by atoms with Gasteiger partial charge in [-0.05, 0) is 38.1 Å². The number of nitrogens with zero attached hydrogens (tertiary/aromatic N) is 3. The molecule has 6 heteroatoms. The van der Waals surface area contributed by atoms with E-state index in [4.69, 9.17) is 0 Å². The van der Waals surface area contributed by atoms with Gasteiger partial charge in [-0.1, -0.05) is 12.1 Å². The summed E-state index contributed by atoms with van der Waals surface area (Å²) in [4.78, 5) is 15.8. The average molecular weight is 327 g/mol. The first-order valence-electron chi connectivity index (χ1n) is 7.36. The van der Waals surface area contributed by atoms with Gasteiger partial charge >= 0.3 is 5.97 Å². The molecule has 0 bridgehead atoms. The van der Waals surface area contributed by atoms with E-state index in [0.29, 0.717) is 5.57 Å². The molecule has 0 saturated heterocycles. The number of carbonyl (C=O) groups is 1. The number of fused-ring (bicyclic) bond motifs is 1. The van der Waals surface area contributed by atoms with Gasteiger partial charge in [0.05, 0.1) is 22.3 Å². The lowest BCUT2D eigenvalue weighted by atomic mass is 10.1. The molecule has 0 unspecified atom stereocenters. The van der Waals surface area contributed by atoms with Crippen LogP contribution >= 0.6 is 11.3 Å². The van der Waals surface area contributed by atoms with Crippen molar-refractivity contribution >= 4 is 39.2 Å². The summed E-state index contributed by atoms with van der Waals surface area (Å²) >= 11 is 1.51. The topological polar surface area (TPSA) is 68.0 Å². The molecule has 23 heavy (non-hydrogen) atoms. The summed E-state index contributed by atoms with van der Waals surface area (Å²) in [6, 6.07) is 9.91. The fourth-order valence-electron chi connectivity index (χ4n) is 2.41. The molecule has 0 spiro atoms. The van der Waals surface area contributed by atoms with E-state index in [-0.39, 0.29) is 12.5 Å². The zero-order valence-electron chi connectivity index (χ0n) is 12.9. The zero-order chi connectivity index (χ0) is 16.4. The third-order valence-corrected chi connectivity index (χ3v) is 4.53. The smallest absolute Gasteiger partial charge is 0.307 e. The first kappa shape index (κ1) is 15.4. The summed E-state index contributed by atoms with van der Waals surface area (Å²) in [5.74, 6) is -0.869. The monoisotopic (exact) mass is 327 g/mol. The third kappa shape index (κ3) is 3.32. The molecule has 0 aliphatic carbocycles. The Balaban J connectivity index is 2.08. The van der Waals surface area contributed by atoms with Gasteiger partial charge in [-0.15, -0.1) is 11.3 Å². The van der Waals surface area contributed by atoms with Crippen molar-refractivity contribution in [1.29, 1.82) is 0 Å². The van der Waals surface area contributed by atoms with E-state index >= 15 is 0 Å². The van der Waals surface area contributed by atoms with Crippen LogP contribution in [0.4, 0.5) is 0 Å². The Labute approximate surface area is 137 Å². The van der Waals surface area contributed by atoms with Crippen molar-refractivity contribution in [3.05, 3.63) is 47.2 Å². The van der Waals surface area contributed by atoms with Gasteiger partial charge in [0, 0.05) is 17.8 Å². The predicted octanol–water partition coefficient (Wildman–Crippen LogP) is 4.09. The molecule has 5 nitrogen and oxygen atoms in total. The molecule has 1 N–H and O–H groups in total. The molecular weight excluding hydrogens is 310 g/mol. The Kier molecular flexibility index (Phi) is 4.25. The highest BCUT2D eigenvalue weighted by Crippen LogP contribution is 2.30. The highest BCUT2D eigenvalue weighted by Gasteiger charge is 2.14. The van der Waals surface area contributed by atoms with E-state index in [2.05, 4.69) is 10.1 Å². The van der Waals surface area contributed by atoms with Crippen LogP contribution in [0.3, 0.4) is 0 Å². The Bertz CT molecular complexity index is 844. The van der Waals surface area contributed by atoms with Crippen LogP contribution < -0.4 is 0 Å².